The number of hydrogen-bond donors (Lipinski definition) is 1. The van der Waals surface area contributed by atoms with Gasteiger partial charge in [0, 0.05) is 19.7 Å². The van der Waals surface area contributed by atoms with Gasteiger partial charge in [-0.1, -0.05) is 36.7 Å². The molecule has 3 heteroatoms. The molecule has 0 unspecified atom stereocenters. The summed E-state index contributed by atoms with van der Waals surface area (Å²) in [6.07, 6.45) is -10.5. The standard InChI is InChI=1S/C14H19NO2/c1-17-14(16)13(11-7-3-2-4-8-11)12-9-5-6-10-15-12/h2-4,7-8,12-13,15H,5-6,9-10H2,1H3/t12-,13+/m1/s1/i5D2,6D2,9D2,10D2,12D,13D. The molecule has 1 fully saturated rings. The summed E-state index contributed by atoms with van der Waals surface area (Å²) in [5.41, 5.74) is -0.239. The molecule has 1 aliphatic rings. The van der Waals surface area contributed by atoms with E-state index < -0.39 is 43.5 Å². The molecule has 0 spiro atoms. The fraction of sp³-hybridized carbons (Fsp3) is 0.500. The average molecular weight is 243 g/mol. The van der Waals surface area contributed by atoms with Gasteiger partial charge in [-0.2, -0.15) is 0 Å². The highest BCUT2D eigenvalue weighted by Crippen LogP contribution is 2.26. The maximum atomic E-state index is 12.5. The lowest BCUT2D eigenvalue weighted by atomic mass is 9.86. The first kappa shape index (κ1) is 4.73. The second kappa shape index (κ2) is 5.82. The summed E-state index contributed by atoms with van der Waals surface area (Å²) in [5.74, 6) is -4.38. The van der Waals surface area contributed by atoms with Gasteiger partial charge in [0.25, 0.3) is 0 Å². The van der Waals surface area contributed by atoms with Crippen LogP contribution in [0.3, 0.4) is 0 Å². The number of nitrogens with one attached hydrogen (secondary N) is 1. The van der Waals surface area contributed by atoms with Crippen LogP contribution in [0.5, 0.6) is 0 Å². The van der Waals surface area contributed by atoms with Crippen molar-refractivity contribution in [3.05, 3.63) is 35.9 Å². The molecule has 1 N–H and O–H groups in total. The highest BCUT2D eigenvalue weighted by Gasteiger charge is 2.31. The molecule has 1 saturated heterocycles. The van der Waals surface area contributed by atoms with Crippen molar-refractivity contribution in [1.29, 1.82) is 0 Å². The monoisotopic (exact) mass is 243 g/mol. The van der Waals surface area contributed by atoms with Gasteiger partial charge < -0.3 is 10.1 Å². The fourth-order valence-electron chi connectivity index (χ4n) is 1.45. The Morgan fingerprint density at radius 2 is 2.35 bits per heavy atom. The van der Waals surface area contributed by atoms with Crippen LogP contribution in [0.4, 0.5) is 0 Å². The van der Waals surface area contributed by atoms with Crippen molar-refractivity contribution in [2.24, 2.45) is 0 Å². The third-order valence-corrected chi connectivity index (χ3v) is 2.20. The molecule has 1 heterocycles. The average Bonchev–Trinajstić information content (AvgIpc) is 2.58. The van der Waals surface area contributed by atoms with Gasteiger partial charge in [-0.15, -0.1) is 0 Å². The van der Waals surface area contributed by atoms with E-state index in [1.165, 1.54) is 30.3 Å². The molecule has 1 aliphatic heterocycles. The van der Waals surface area contributed by atoms with Crippen molar-refractivity contribution >= 4 is 5.97 Å². The van der Waals surface area contributed by atoms with Crippen molar-refractivity contribution in [3.63, 3.8) is 0 Å². The molecule has 1 aromatic carbocycles. The summed E-state index contributed by atoms with van der Waals surface area (Å²) in [6.45, 7) is -3.28. The van der Waals surface area contributed by atoms with Crippen molar-refractivity contribution in [2.75, 3.05) is 13.6 Å². The zero-order chi connectivity index (χ0) is 21.1. The lowest BCUT2D eigenvalue weighted by molar-refractivity contribution is -0.143. The summed E-state index contributed by atoms with van der Waals surface area (Å²) in [4.78, 5) is 12.5. The highest BCUT2D eigenvalue weighted by atomic mass is 16.5. The smallest absolute Gasteiger partial charge is 0.314 e. The van der Waals surface area contributed by atoms with Crippen LogP contribution in [0.2, 0.25) is 0 Å². The zero-order valence-electron chi connectivity index (χ0n) is 19.2. The number of rotatable bonds is 3. The van der Waals surface area contributed by atoms with Gasteiger partial charge in [0.1, 0.15) is 0 Å². The van der Waals surface area contributed by atoms with Crippen LogP contribution in [-0.2, 0) is 9.53 Å². The number of benzene rings is 1. The van der Waals surface area contributed by atoms with E-state index in [1.807, 2.05) is 0 Å². The lowest BCUT2D eigenvalue weighted by Gasteiger charge is -2.29. The Labute approximate surface area is 116 Å². The Morgan fingerprint density at radius 1 is 1.59 bits per heavy atom. The maximum absolute atomic E-state index is 12.5. The minimum atomic E-state index is -3.58. The van der Waals surface area contributed by atoms with Crippen LogP contribution in [-0.4, -0.2) is 25.6 Å². The molecule has 0 amide bonds. The molecule has 2 atom stereocenters. The topological polar surface area (TPSA) is 38.3 Å². The van der Waals surface area contributed by atoms with E-state index in [2.05, 4.69) is 4.74 Å². The Kier molecular flexibility index (Phi) is 1.62. The van der Waals surface area contributed by atoms with Crippen molar-refractivity contribution < 1.29 is 23.2 Å². The Morgan fingerprint density at radius 3 is 3.06 bits per heavy atom. The minimum Gasteiger partial charge on any atom is -0.469 e. The van der Waals surface area contributed by atoms with E-state index in [4.69, 9.17) is 13.7 Å². The van der Waals surface area contributed by atoms with E-state index >= 15 is 0 Å². The quantitative estimate of drug-likeness (QED) is 0.826. The second-order valence-electron chi connectivity index (χ2n) is 3.23. The number of carbonyl (C=O) groups excluding carboxylic acids is 1. The maximum Gasteiger partial charge on any atom is 0.314 e. The predicted molar refractivity (Wildman–Crippen MR) is 66.8 cm³/mol. The molecule has 92 valence electrons. The first-order chi connectivity index (χ1) is 12.0. The molecule has 0 bridgehead atoms. The third kappa shape index (κ3) is 2.86. The summed E-state index contributed by atoms with van der Waals surface area (Å²) in [5, 5.41) is 1.78. The molecular formula is C14H19NO2. The van der Waals surface area contributed by atoms with E-state index in [1.54, 1.807) is 5.32 Å². The van der Waals surface area contributed by atoms with Crippen LogP contribution in [0.1, 0.15) is 44.3 Å². The van der Waals surface area contributed by atoms with Crippen LogP contribution < -0.4 is 5.32 Å². The Balaban J connectivity index is 2.88. The van der Waals surface area contributed by atoms with E-state index in [0.29, 0.717) is 0 Å². The SMILES string of the molecule is [2H]C1([2H])N[C@@]([2H])([C@@]([2H])(C(=O)OC)c2ccccc2)C([2H])([2H])C([2H])([2H])C1([2H])[2H]. The zero-order valence-corrected chi connectivity index (χ0v) is 9.20. The van der Waals surface area contributed by atoms with Gasteiger partial charge in [0.2, 0.25) is 0 Å². The van der Waals surface area contributed by atoms with Gasteiger partial charge >= 0.3 is 5.97 Å². The van der Waals surface area contributed by atoms with Crippen molar-refractivity contribution in [3.8, 4) is 0 Å². The lowest BCUT2D eigenvalue weighted by Crippen LogP contribution is -2.42. The fourth-order valence-corrected chi connectivity index (χ4v) is 1.45. The van der Waals surface area contributed by atoms with Gasteiger partial charge in [-0.3, -0.25) is 4.79 Å². The van der Waals surface area contributed by atoms with Crippen molar-refractivity contribution in [1.82, 2.24) is 5.32 Å². The van der Waals surface area contributed by atoms with E-state index in [9.17, 15) is 4.79 Å². The van der Waals surface area contributed by atoms with Crippen LogP contribution in [0.15, 0.2) is 30.3 Å². The van der Waals surface area contributed by atoms with Crippen LogP contribution in [0, 0.1) is 0 Å². The predicted octanol–water partition coefficient (Wildman–Crippen LogP) is 2.09. The molecule has 1 aromatic rings. The molecule has 0 aliphatic carbocycles. The van der Waals surface area contributed by atoms with E-state index in [-0.39, 0.29) is 5.56 Å². The van der Waals surface area contributed by atoms with E-state index in [0.717, 1.165) is 7.11 Å². The van der Waals surface area contributed by atoms with Gasteiger partial charge in [0.15, 0.2) is 0 Å². The van der Waals surface area contributed by atoms with Crippen LogP contribution in [0.25, 0.3) is 0 Å². The Bertz CT molecular complexity index is 741. The van der Waals surface area contributed by atoms with Crippen LogP contribution >= 0.6 is 0 Å². The first-order valence-electron chi connectivity index (χ1n) is 9.98. The van der Waals surface area contributed by atoms with Gasteiger partial charge in [0.05, 0.1) is 13.0 Å². The number of esters is 1. The summed E-state index contributed by atoms with van der Waals surface area (Å²) >= 11 is 0. The second-order valence-corrected chi connectivity index (χ2v) is 3.23. The number of piperidine rings is 1. The molecule has 0 saturated carbocycles. The normalized spacial score (nSPS) is 48.5. The first-order valence-corrected chi connectivity index (χ1v) is 4.98. The minimum absolute atomic E-state index is 0.239. The largest absolute Gasteiger partial charge is 0.469 e. The molecule has 17 heavy (non-hydrogen) atoms. The van der Waals surface area contributed by atoms with Crippen molar-refractivity contribution in [2.45, 2.75) is 31.0 Å². The number of ether oxygens (including phenoxy) is 1. The number of carbonyl (C=O) groups is 1. The molecule has 0 radical (unpaired) electrons. The van der Waals surface area contributed by atoms with Gasteiger partial charge in [-0.05, 0) is 24.8 Å². The highest BCUT2D eigenvalue weighted by molar-refractivity contribution is 5.79. The summed E-state index contributed by atoms with van der Waals surface area (Å²) in [7, 11) is 0.902. The molecule has 2 rings (SSSR count). The Hall–Kier alpha value is -1.35. The number of hydrogen-bond acceptors (Lipinski definition) is 3. The summed E-state index contributed by atoms with van der Waals surface area (Å²) in [6, 6.07) is 3.53. The number of methoxy groups -OCH3 is 1. The molecule has 0 aromatic heterocycles. The molecule has 3 nitrogen and oxygen atoms in total. The van der Waals surface area contributed by atoms with Gasteiger partial charge in [-0.25, -0.2) is 0 Å². The summed E-state index contributed by atoms with van der Waals surface area (Å²) < 4.78 is 85.5. The molecular weight excluding hydrogens is 214 g/mol. The third-order valence-electron chi connectivity index (χ3n) is 2.20.